The van der Waals surface area contributed by atoms with Crippen LogP contribution in [0.25, 0.3) is 0 Å². The molecule has 1 heterocycles. The molecule has 1 atom stereocenters. The maximum Gasteiger partial charge on any atom is 0.338 e. The van der Waals surface area contributed by atoms with Crippen LogP contribution in [0.1, 0.15) is 12.7 Å². The van der Waals surface area contributed by atoms with Gasteiger partial charge in [-0.2, -0.15) is 0 Å². The molecule has 0 aliphatic carbocycles. The van der Waals surface area contributed by atoms with Gasteiger partial charge < -0.3 is 19.6 Å². The molecular formula is C11H17NO4. The summed E-state index contributed by atoms with van der Waals surface area (Å²) in [6.45, 7) is 2.19. The van der Waals surface area contributed by atoms with E-state index >= 15 is 0 Å². The van der Waals surface area contributed by atoms with Crippen molar-refractivity contribution in [1.29, 1.82) is 0 Å². The summed E-state index contributed by atoms with van der Waals surface area (Å²) >= 11 is 0. The van der Waals surface area contributed by atoms with Gasteiger partial charge in [-0.25, -0.2) is 4.79 Å². The number of nitrogens with one attached hydrogen (secondary N) is 1. The number of hydrogen-bond donors (Lipinski definition) is 2. The second kappa shape index (κ2) is 5.67. The zero-order chi connectivity index (χ0) is 12.0. The average Bonchev–Trinajstić information content (AvgIpc) is 2.76. The topological polar surface area (TPSA) is 71.7 Å². The quantitative estimate of drug-likeness (QED) is 0.541. The lowest BCUT2D eigenvalue weighted by Crippen LogP contribution is -2.46. The van der Waals surface area contributed by atoms with Crippen molar-refractivity contribution in [2.24, 2.45) is 0 Å². The first-order valence-corrected chi connectivity index (χ1v) is 5.10. The molecule has 0 aliphatic rings. The Kier molecular flexibility index (Phi) is 4.52. The minimum Gasteiger partial charge on any atom is -0.469 e. The van der Waals surface area contributed by atoms with Crippen LogP contribution in [-0.4, -0.2) is 36.9 Å². The number of hydrogen-bond acceptors (Lipinski definition) is 5. The van der Waals surface area contributed by atoms with E-state index in [4.69, 9.17) is 4.42 Å². The highest BCUT2D eigenvalue weighted by atomic mass is 16.5. The lowest BCUT2D eigenvalue weighted by atomic mass is 10.1. The molecule has 5 nitrogen and oxygen atoms in total. The van der Waals surface area contributed by atoms with Crippen molar-refractivity contribution in [3.63, 3.8) is 0 Å². The summed E-state index contributed by atoms with van der Waals surface area (Å²) in [5.41, 5.74) is -1.49. The first kappa shape index (κ1) is 12.7. The van der Waals surface area contributed by atoms with Gasteiger partial charge in [-0.3, -0.25) is 0 Å². The smallest absolute Gasteiger partial charge is 0.338 e. The number of esters is 1. The molecule has 0 fully saturated rings. The molecule has 0 amide bonds. The van der Waals surface area contributed by atoms with Gasteiger partial charge in [-0.15, -0.1) is 0 Å². The fourth-order valence-electron chi connectivity index (χ4n) is 1.29. The SMILES string of the molecule is COC(=O)C(C)(O)CNCCc1ccco1. The van der Waals surface area contributed by atoms with Gasteiger partial charge >= 0.3 is 5.97 Å². The number of ether oxygens (including phenoxy) is 1. The molecule has 5 heteroatoms. The summed E-state index contributed by atoms with van der Waals surface area (Å²) in [6, 6.07) is 3.69. The molecule has 0 aliphatic heterocycles. The molecule has 2 N–H and O–H groups in total. The van der Waals surface area contributed by atoms with Crippen LogP contribution in [0, 0.1) is 0 Å². The Morgan fingerprint density at radius 3 is 3.00 bits per heavy atom. The fourth-order valence-corrected chi connectivity index (χ4v) is 1.29. The van der Waals surface area contributed by atoms with Crippen LogP contribution >= 0.6 is 0 Å². The molecule has 16 heavy (non-hydrogen) atoms. The van der Waals surface area contributed by atoms with E-state index in [2.05, 4.69) is 10.1 Å². The molecule has 0 radical (unpaired) electrons. The number of furan rings is 1. The predicted octanol–water partition coefficient (Wildman–Crippen LogP) is 0.336. The zero-order valence-electron chi connectivity index (χ0n) is 9.53. The number of rotatable bonds is 6. The van der Waals surface area contributed by atoms with Crippen molar-refractivity contribution in [2.75, 3.05) is 20.2 Å². The Morgan fingerprint density at radius 1 is 1.69 bits per heavy atom. The number of carbonyl (C=O) groups is 1. The molecule has 0 bridgehead atoms. The number of carbonyl (C=O) groups excluding carboxylic acids is 1. The van der Waals surface area contributed by atoms with Crippen LogP contribution in [0.5, 0.6) is 0 Å². The van der Waals surface area contributed by atoms with Gasteiger partial charge in [-0.05, 0) is 19.1 Å². The molecule has 1 aromatic rings. The molecular weight excluding hydrogens is 210 g/mol. The van der Waals surface area contributed by atoms with Gasteiger partial charge in [0.1, 0.15) is 5.76 Å². The minimum absolute atomic E-state index is 0.153. The molecule has 0 saturated carbocycles. The first-order chi connectivity index (χ1) is 7.56. The summed E-state index contributed by atoms with van der Waals surface area (Å²) in [7, 11) is 1.25. The summed E-state index contributed by atoms with van der Waals surface area (Å²) in [5, 5.41) is 12.6. The van der Waals surface area contributed by atoms with Crippen molar-refractivity contribution in [3.05, 3.63) is 24.2 Å². The Bertz CT molecular complexity index is 319. The van der Waals surface area contributed by atoms with Gasteiger partial charge in [-0.1, -0.05) is 0 Å². The molecule has 1 aromatic heterocycles. The highest BCUT2D eigenvalue weighted by molar-refractivity contribution is 5.78. The third kappa shape index (κ3) is 3.67. The van der Waals surface area contributed by atoms with E-state index in [1.807, 2.05) is 12.1 Å². The number of methoxy groups -OCH3 is 1. The molecule has 1 unspecified atom stereocenters. The fraction of sp³-hybridized carbons (Fsp3) is 0.545. The second-order valence-corrected chi connectivity index (χ2v) is 3.77. The van der Waals surface area contributed by atoms with Crippen molar-refractivity contribution < 1.29 is 19.1 Å². The van der Waals surface area contributed by atoms with Crippen LogP contribution in [-0.2, 0) is 16.0 Å². The van der Waals surface area contributed by atoms with E-state index in [1.165, 1.54) is 14.0 Å². The maximum atomic E-state index is 11.1. The third-order valence-electron chi connectivity index (χ3n) is 2.22. The highest BCUT2D eigenvalue weighted by Gasteiger charge is 2.30. The van der Waals surface area contributed by atoms with E-state index in [-0.39, 0.29) is 6.54 Å². The van der Waals surface area contributed by atoms with Gasteiger partial charge in [0, 0.05) is 19.5 Å². The van der Waals surface area contributed by atoms with Crippen molar-refractivity contribution >= 4 is 5.97 Å². The van der Waals surface area contributed by atoms with E-state index < -0.39 is 11.6 Å². The summed E-state index contributed by atoms with van der Waals surface area (Å²) in [5.74, 6) is 0.225. The van der Waals surface area contributed by atoms with Crippen LogP contribution in [0.2, 0.25) is 0 Å². The zero-order valence-corrected chi connectivity index (χ0v) is 9.53. The summed E-state index contributed by atoms with van der Waals surface area (Å²) < 4.78 is 9.61. The van der Waals surface area contributed by atoms with Crippen LogP contribution in [0.3, 0.4) is 0 Å². The standard InChI is InChI=1S/C11H17NO4/c1-11(14,10(13)15-2)8-12-6-5-9-4-3-7-16-9/h3-4,7,12,14H,5-6,8H2,1-2H3. The molecule has 0 saturated heterocycles. The van der Waals surface area contributed by atoms with Gasteiger partial charge in [0.2, 0.25) is 0 Å². The van der Waals surface area contributed by atoms with E-state index in [0.717, 1.165) is 5.76 Å². The Morgan fingerprint density at radius 2 is 2.44 bits per heavy atom. The molecule has 90 valence electrons. The van der Waals surface area contributed by atoms with Crippen LogP contribution in [0.15, 0.2) is 22.8 Å². The monoisotopic (exact) mass is 227 g/mol. The average molecular weight is 227 g/mol. The molecule has 1 rings (SSSR count). The Balaban J connectivity index is 2.22. The summed E-state index contributed by atoms with van der Waals surface area (Å²) in [4.78, 5) is 11.1. The van der Waals surface area contributed by atoms with E-state index in [1.54, 1.807) is 6.26 Å². The van der Waals surface area contributed by atoms with Gasteiger partial charge in [0.05, 0.1) is 13.4 Å². The predicted molar refractivity (Wildman–Crippen MR) is 57.9 cm³/mol. The normalized spacial score (nSPS) is 14.4. The van der Waals surface area contributed by atoms with E-state index in [0.29, 0.717) is 13.0 Å². The minimum atomic E-state index is -1.49. The van der Waals surface area contributed by atoms with Crippen molar-refractivity contribution in [2.45, 2.75) is 18.9 Å². The van der Waals surface area contributed by atoms with Crippen molar-refractivity contribution in [3.8, 4) is 0 Å². The molecule has 0 spiro atoms. The van der Waals surface area contributed by atoms with Crippen molar-refractivity contribution in [1.82, 2.24) is 5.32 Å². The lowest BCUT2D eigenvalue weighted by Gasteiger charge is -2.20. The van der Waals surface area contributed by atoms with Crippen LogP contribution in [0.4, 0.5) is 0 Å². The van der Waals surface area contributed by atoms with E-state index in [9.17, 15) is 9.90 Å². The highest BCUT2D eigenvalue weighted by Crippen LogP contribution is 2.04. The Labute approximate surface area is 94.4 Å². The molecule has 0 aromatic carbocycles. The van der Waals surface area contributed by atoms with Crippen LogP contribution < -0.4 is 5.32 Å². The third-order valence-corrected chi connectivity index (χ3v) is 2.22. The lowest BCUT2D eigenvalue weighted by molar-refractivity contribution is -0.159. The second-order valence-electron chi connectivity index (χ2n) is 3.77. The summed E-state index contributed by atoms with van der Waals surface area (Å²) in [6.07, 6.45) is 2.32. The number of aliphatic hydroxyl groups is 1. The first-order valence-electron chi connectivity index (χ1n) is 5.10. The maximum absolute atomic E-state index is 11.1. The van der Waals surface area contributed by atoms with Gasteiger partial charge in [0.15, 0.2) is 5.60 Å². The Hall–Kier alpha value is -1.33. The van der Waals surface area contributed by atoms with Gasteiger partial charge in [0.25, 0.3) is 0 Å². The largest absolute Gasteiger partial charge is 0.469 e.